The Balaban J connectivity index is 1.27. The molecule has 0 N–H and O–H groups in total. The van der Waals surface area contributed by atoms with E-state index in [-0.39, 0.29) is 18.4 Å². The molecule has 30 heavy (non-hydrogen) atoms. The van der Waals surface area contributed by atoms with E-state index in [0.29, 0.717) is 31.0 Å². The van der Waals surface area contributed by atoms with Crippen LogP contribution >= 0.6 is 0 Å². The van der Waals surface area contributed by atoms with Crippen LogP contribution in [0.15, 0.2) is 52.5 Å². The molecule has 0 bridgehead atoms. The summed E-state index contributed by atoms with van der Waals surface area (Å²) in [5.74, 6) is 2.49. The molecule has 2 aromatic carbocycles. The lowest BCUT2D eigenvalue weighted by Crippen LogP contribution is -2.40. The molecule has 0 atom stereocenters. The molecule has 6 heteroatoms. The van der Waals surface area contributed by atoms with Gasteiger partial charge in [-0.05, 0) is 44.0 Å². The smallest absolute Gasteiger partial charge is 0.253 e. The van der Waals surface area contributed by atoms with Crippen molar-refractivity contribution < 1.29 is 18.7 Å². The van der Waals surface area contributed by atoms with E-state index >= 15 is 0 Å². The first kappa shape index (κ1) is 18.7. The molecule has 2 aliphatic heterocycles. The van der Waals surface area contributed by atoms with Crippen molar-refractivity contribution in [3.8, 4) is 11.5 Å². The van der Waals surface area contributed by atoms with Crippen LogP contribution in [0.2, 0.25) is 0 Å². The topological polar surface area (TPSA) is 64.8 Å². The zero-order chi connectivity index (χ0) is 20.5. The number of carbonyl (C=O) groups excluding carboxylic acids is 1. The van der Waals surface area contributed by atoms with E-state index in [9.17, 15) is 4.79 Å². The Kier molecular flexibility index (Phi) is 4.91. The van der Waals surface area contributed by atoms with Gasteiger partial charge in [0.15, 0.2) is 23.0 Å². The molecule has 2 aliphatic rings. The Morgan fingerprint density at radius 3 is 2.80 bits per heavy atom. The van der Waals surface area contributed by atoms with Gasteiger partial charge >= 0.3 is 0 Å². The Hall–Kier alpha value is -3.28. The summed E-state index contributed by atoms with van der Waals surface area (Å²) in [7, 11) is 0. The number of rotatable bonds is 4. The summed E-state index contributed by atoms with van der Waals surface area (Å²) in [5.41, 5.74) is 3.27. The normalized spacial score (nSPS) is 16.7. The highest BCUT2D eigenvalue weighted by molar-refractivity contribution is 5.99. The number of aromatic nitrogens is 1. The lowest BCUT2D eigenvalue weighted by atomic mass is 9.96. The van der Waals surface area contributed by atoms with Crippen molar-refractivity contribution in [2.75, 3.05) is 26.3 Å². The van der Waals surface area contributed by atoms with E-state index in [0.717, 1.165) is 41.1 Å². The molecule has 1 fully saturated rings. The van der Waals surface area contributed by atoms with Crippen LogP contribution in [-0.4, -0.2) is 42.1 Å². The highest BCUT2D eigenvalue weighted by Gasteiger charge is 2.30. The van der Waals surface area contributed by atoms with E-state index in [1.54, 1.807) is 0 Å². The van der Waals surface area contributed by atoms with Crippen LogP contribution in [0, 0.1) is 0 Å². The maximum atomic E-state index is 13.1. The van der Waals surface area contributed by atoms with Crippen LogP contribution in [0.5, 0.6) is 11.5 Å². The summed E-state index contributed by atoms with van der Waals surface area (Å²) >= 11 is 0. The Morgan fingerprint density at radius 1 is 1.17 bits per heavy atom. The van der Waals surface area contributed by atoms with Crippen molar-refractivity contribution in [3.63, 3.8) is 0 Å². The van der Waals surface area contributed by atoms with E-state index in [2.05, 4.69) is 4.98 Å². The first-order chi connectivity index (χ1) is 14.7. The van der Waals surface area contributed by atoms with Gasteiger partial charge in [0.05, 0.1) is 12.2 Å². The highest BCUT2D eigenvalue weighted by Crippen LogP contribution is 2.36. The SMILES string of the molecule is CCOc1cccc2c1OCC(C(=O)N1CCC(c3nc4ccccc4o3)CC1)=C2. The lowest BCUT2D eigenvalue weighted by Gasteiger charge is -2.32. The fourth-order valence-corrected chi connectivity index (χ4v) is 4.17. The third-order valence-electron chi connectivity index (χ3n) is 5.73. The second kappa shape index (κ2) is 7.86. The molecule has 1 aromatic heterocycles. The fourth-order valence-electron chi connectivity index (χ4n) is 4.17. The summed E-state index contributed by atoms with van der Waals surface area (Å²) < 4.78 is 17.4. The largest absolute Gasteiger partial charge is 0.490 e. The van der Waals surface area contributed by atoms with E-state index < -0.39 is 0 Å². The first-order valence-corrected chi connectivity index (χ1v) is 10.5. The van der Waals surface area contributed by atoms with Crippen molar-refractivity contribution in [2.24, 2.45) is 0 Å². The number of para-hydroxylation sites is 3. The van der Waals surface area contributed by atoms with E-state index in [4.69, 9.17) is 13.9 Å². The number of oxazole rings is 1. The van der Waals surface area contributed by atoms with Crippen molar-refractivity contribution in [3.05, 3.63) is 59.5 Å². The zero-order valence-corrected chi connectivity index (χ0v) is 17.0. The molecule has 0 spiro atoms. The molecular formula is C24H24N2O4. The molecule has 6 nitrogen and oxygen atoms in total. The average Bonchev–Trinajstić information content (AvgIpc) is 3.23. The summed E-state index contributed by atoms with van der Waals surface area (Å²) in [6.07, 6.45) is 3.62. The summed E-state index contributed by atoms with van der Waals surface area (Å²) in [5, 5.41) is 0. The van der Waals surface area contributed by atoms with Gasteiger partial charge < -0.3 is 18.8 Å². The summed E-state index contributed by atoms with van der Waals surface area (Å²) in [6.45, 7) is 4.15. The predicted molar refractivity (Wildman–Crippen MR) is 114 cm³/mol. The van der Waals surface area contributed by atoms with Crippen molar-refractivity contribution in [1.29, 1.82) is 0 Å². The number of amides is 1. The molecule has 0 saturated carbocycles. The van der Waals surface area contributed by atoms with Gasteiger partial charge in [-0.15, -0.1) is 0 Å². The molecular weight excluding hydrogens is 380 g/mol. The van der Waals surface area contributed by atoms with Gasteiger partial charge in [-0.25, -0.2) is 4.98 Å². The second-order valence-corrected chi connectivity index (χ2v) is 7.65. The summed E-state index contributed by atoms with van der Waals surface area (Å²) in [6, 6.07) is 13.6. The number of carbonyl (C=O) groups is 1. The monoisotopic (exact) mass is 404 g/mol. The van der Waals surface area contributed by atoms with Gasteiger partial charge in [0.2, 0.25) is 0 Å². The quantitative estimate of drug-likeness (QED) is 0.645. The average molecular weight is 404 g/mol. The molecule has 154 valence electrons. The lowest BCUT2D eigenvalue weighted by molar-refractivity contribution is -0.128. The molecule has 5 rings (SSSR count). The predicted octanol–water partition coefficient (Wildman–Crippen LogP) is 4.41. The van der Waals surface area contributed by atoms with Crippen molar-refractivity contribution >= 4 is 23.1 Å². The van der Waals surface area contributed by atoms with Crippen LogP contribution in [0.3, 0.4) is 0 Å². The minimum atomic E-state index is 0.0403. The van der Waals surface area contributed by atoms with Gasteiger partial charge in [0.1, 0.15) is 12.1 Å². The maximum Gasteiger partial charge on any atom is 0.253 e. The zero-order valence-electron chi connectivity index (χ0n) is 17.0. The molecule has 1 amide bonds. The number of hydrogen-bond donors (Lipinski definition) is 0. The minimum Gasteiger partial charge on any atom is -0.490 e. The second-order valence-electron chi connectivity index (χ2n) is 7.65. The van der Waals surface area contributed by atoms with E-state index in [1.807, 2.05) is 60.4 Å². The van der Waals surface area contributed by atoms with Crippen LogP contribution in [-0.2, 0) is 4.79 Å². The Labute approximate surface area is 175 Å². The van der Waals surface area contributed by atoms with Crippen LogP contribution in [0.4, 0.5) is 0 Å². The van der Waals surface area contributed by atoms with E-state index in [1.165, 1.54) is 0 Å². The van der Waals surface area contributed by atoms with Crippen LogP contribution < -0.4 is 9.47 Å². The van der Waals surface area contributed by atoms with Gasteiger partial charge in [-0.2, -0.15) is 0 Å². The molecule has 3 aromatic rings. The number of nitrogens with zero attached hydrogens (tertiary/aromatic N) is 2. The molecule has 0 unspecified atom stereocenters. The van der Waals surface area contributed by atoms with Gasteiger partial charge in [0, 0.05) is 24.6 Å². The molecule has 1 saturated heterocycles. The fraction of sp³-hybridized carbons (Fsp3) is 0.333. The maximum absolute atomic E-state index is 13.1. The standard InChI is InChI=1S/C24H24N2O4/c1-2-28-21-9-5-6-17-14-18(15-29-22(17)21)24(27)26-12-10-16(11-13-26)23-25-19-7-3-4-8-20(19)30-23/h3-9,14,16H,2,10-13,15H2,1H3. The Bertz CT molecular complexity index is 1080. The number of benzene rings is 2. The molecule has 0 aliphatic carbocycles. The molecule has 0 radical (unpaired) electrons. The summed E-state index contributed by atoms with van der Waals surface area (Å²) in [4.78, 5) is 19.6. The van der Waals surface area contributed by atoms with Crippen molar-refractivity contribution in [1.82, 2.24) is 9.88 Å². The Morgan fingerprint density at radius 2 is 2.00 bits per heavy atom. The third kappa shape index (κ3) is 3.43. The van der Waals surface area contributed by atoms with Gasteiger partial charge in [-0.3, -0.25) is 4.79 Å². The number of likely N-dealkylation sites (tertiary alicyclic amines) is 1. The first-order valence-electron chi connectivity index (χ1n) is 10.5. The minimum absolute atomic E-state index is 0.0403. The van der Waals surface area contributed by atoms with Gasteiger partial charge in [0.25, 0.3) is 5.91 Å². The molecule has 3 heterocycles. The van der Waals surface area contributed by atoms with Crippen LogP contribution in [0.1, 0.15) is 37.1 Å². The van der Waals surface area contributed by atoms with Crippen molar-refractivity contribution in [2.45, 2.75) is 25.7 Å². The number of ether oxygens (including phenoxy) is 2. The number of fused-ring (bicyclic) bond motifs is 2. The highest BCUT2D eigenvalue weighted by atomic mass is 16.5. The third-order valence-corrected chi connectivity index (χ3v) is 5.73. The number of hydrogen-bond acceptors (Lipinski definition) is 5. The van der Waals surface area contributed by atoms with Crippen LogP contribution in [0.25, 0.3) is 17.2 Å². The van der Waals surface area contributed by atoms with Gasteiger partial charge in [-0.1, -0.05) is 24.3 Å². The number of piperidine rings is 1.